The summed E-state index contributed by atoms with van der Waals surface area (Å²) >= 11 is 1.20. The number of carbonyl (C=O) groups excluding carboxylic acids is 1. The van der Waals surface area contributed by atoms with Gasteiger partial charge in [-0.3, -0.25) is 14.5 Å². The maximum atomic E-state index is 12.8. The lowest BCUT2D eigenvalue weighted by Crippen LogP contribution is -2.32. The molecule has 1 saturated heterocycles. The van der Waals surface area contributed by atoms with Gasteiger partial charge in [-0.1, -0.05) is 36.0 Å². The van der Waals surface area contributed by atoms with Gasteiger partial charge in [-0.15, -0.1) is 0 Å². The monoisotopic (exact) mass is 354 g/mol. The van der Waals surface area contributed by atoms with Crippen LogP contribution in [0.4, 0.5) is 11.4 Å². The molecule has 0 radical (unpaired) electrons. The second-order valence-corrected chi connectivity index (χ2v) is 7.12. The van der Waals surface area contributed by atoms with Gasteiger partial charge in [-0.25, -0.2) is 4.99 Å². The highest BCUT2D eigenvalue weighted by atomic mass is 32.2. The molecule has 1 atom stereocenters. The molecule has 1 heterocycles. The molecule has 2 aromatic rings. The molecule has 2 aromatic carbocycles. The summed E-state index contributed by atoms with van der Waals surface area (Å²) in [5, 5.41) is 8.92. The van der Waals surface area contributed by atoms with E-state index in [4.69, 9.17) is 5.11 Å². The number of rotatable bonds is 4. The van der Waals surface area contributed by atoms with Crippen molar-refractivity contribution in [1.29, 1.82) is 0 Å². The van der Waals surface area contributed by atoms with E-state index in [1.54, 1.807) is 0 Å². The summed E-state index contributed by atoms with van der Waals surface area (Å²) in [6.07, 6.45) is -0.224. The minimum absolute atomic E-state index is 0.224. The number of benzene rings is 2. The van der Waals surface area contributed by atoms with E-state index in [0.29, 0.717) is 10.9 Å². The van der Waals surface area contributed by atoms with E-state index in [0.717, 1.165) is 16.8 Å². The van der Waals surface area contributed by atoms with E-state index in [-0.39, 0.29) is 12.3 Å². The second kappa shape index (κ2) is 7.11. The molecule has 1 N–H and O–H groups in total. The number of aryl methyl sites for hydroxylation is 2. The van der Waals surface area contributed by atoms with Crippen LogP contribution in [0.2, 0.25) is 0 Å². The molecule has 0 saturated carbocycles. The first-order chi connectivity index (χ1) is 11.9. The fourth-order valence-corrected chi connectivity index (χ4v) is 3.79. The number of aliphatic imine (C=N–C) groups is 1. The van der Waals surface area contributed by atoms with Crippen molar-refractivity contribution in [3.05, 3.63) is 59.7 Å². The van der Waals surface area contributed by atoms with Gasteiger partial charge in [0.2, 0.25) is 5.91 Å². The van der Waals surface area contributed by atoms with Crippen molar-refractivity contribution >= 4 is 40.2 Å². The van der Waals surface area contributed by atoms with Crippen LogP contribution in [0.25, 0.3) is 0 Å². The summed E-state index contributed by atoms with van der Waals surface area (Å²) in [6.45, 7) is 3.92. The highest BCUT2D eigenvalue weighted by molar-refractivity contribution is 8.16. The van der Waals surface area contributed by atoms with Gasteiger partial charge in [0.25, 0.3) is 0 Å². The number of carboxylic acids is 1. The summed E-state index contributed by atoms with van der Waals surface area (Å²) in [5.41, 5.74) is 3.54. The molecule has 1 amide bonds. The summed E-state index contributed by atoms with van der Waals surface area (Å²) in [7, 11) is 0. The Labute approximate surface area is 150 Å². The standard InChI is InChI=1S/C19H18N2O3S/c1-12-5-3-7-14(9-12)20-19-21(15-8-4-6-13(2)10-15)18(24)16(25-19)11-17(22)23/h3-10,16H,11H2,1-2H3,(H,22,23)/t16-/m0/s1. The molecule has 1 aliphatic rings. The average Bonchev–Trinajstić information content (AvgIpc) is 2.82. The molecule has 5 nitrogen and oxygen atoms in total. The highest BCUT2D eigenvalue weighted by Crippen LogP contribution is 2.35. The number of carbonyl (C=O) groups is 2. The predicted octanol–water partition coefficient (Wildman–Crippen LogP) is 3.91. The molecule has 1 fully saturated rings. The van der Waals surface area contributed by atoms with Crippen LogP contribution in [-0.4, -0.2) is 27.4 Å². The van der Waals surface area contributed by atoms with Crippen molar-refractivity contribution in [3.63, 3.8) is 0 Å². The third kappa shape index (κ3) is 3.91. The Bertz CT molecular complexity index is 863. The summed E-state index contributed by atoms with van der Waals surface area (Å²) in [6, 6.07) is 15.2. The number of thioether (sulfide) groups is 1. The van der Waals surface area contributed by atoms with E-state index >= 15 is 0 Å². The molecule has 0 unspecified atom stereocenters. The van der Waals surface area contributed by atoms with E-state index in [1.165, 1.54) is 16.7 Å². The lowest BCUT2D eigenvalue weighted by atomic mass is 10.2. The molecule has 25 heavy (non-hydrogen) atoms. The molecule has 0 aromatic heterocycles. The van der Waals surface area contributed by atoms with Crippen molar-refractivity contribution in [2.75, 3.05) is 4.90 Å². The van der Waals surface area contributed by atoms with Gasteiger partial charge in [0, 0.05) is 0 Å². The minimum Gasteiger partial charge on any atom is -0.481 e. The number of carboxylic acid groups (broad SMARTS) is 1. The van der Waals surface area contributed by atoms with Gasteiger partial charge < -0.3 is 5.11 Å². The van der Waals surface area contributed by atoms with Crippen LogP contribution >= 0.6 is 11.8 Å². The van der Waals surface area contributed by atoms with Crippen molar-refractivity contribution < 1.29 is 14.7 Å². The lowest BCUT2D eigenvalue weighted by Gasteiger charge is -2.17. The first-order valence-corrected chi connectivity index (χ1v) is 8.76. The number of hydrogen-bond donors (Lipinski definition) is 1. The topological polar surface area (TPSA) is 70.0 Å². The smallest absolute Gasteiger partial charge is 0.305 e. The minimum atomic E-state index is -0.994. The zero-order chi connectivity index (χ0) is 18.0. The van der Waals surface area contributed by atoms with Crippen LogP contribution in [0.3, 0.4) is 0 Å². The van der Waals surface area contributed by atoms with Gasteiger partial charge in [-0.2, -0.15) is 0 Å². The fraction of sp³-hybridized carbons (Fsp3) is 0.211. The fourth-order valence-electron chi connectivity index (χ4n) is 2.65. The molecular formula is C19H18N2O3S. The number of amidine groups is 1. The maximum absolute atomic E-state index is 12.8. The van der Waals surface area contributed by atoms with Crippen molar-refractivity contribution in [3.8, 4) is 0 Å². The second-order valence-electron chi connectivity index (χ2n) is 5.95. The predicted molar refractivity (Wildman–Crippen MR) is 101 cm³/mol. The molecule has 128 valence electrons. The maximum Gasteiger partial charge on any atom is 0.305 e. The average molecular weight is 354 g/mol. The van der Waals surface area contributed by atoms with E-state index in [9.17, 15) is 9.59 Å². The quantitative estimate of drug-likeness (QED) is 0.903. The molecule has 3 rings (SSSR count). The van der Waals surface area contributed by atoms with Crippen LogP contribution in [0.1, 0.15) is 17.5 Å². The normalized spacial score (nSPS) is 18.8. The van der Waals surface area contributed by atoms with Crippen LogP contribution in [-0.2, 0) is 9.59 Å². The molecule has 0 bridgehead atoms. The van der Waals surface area contributed by atoms with Crippen LogP contribution in [0, 0.1) is 13.8 Å². The van der Waals surface area contributed by atoms with E-state index in [1.807, 2.05) is 62.4 Å². The van der Waals surface area contributed by atoms with Crippen LogP contribution in [0.5, 0.6) is 0 Å². The van der Waals surface area contributed by atoms with Gasteiger partial charge >= 0.3 is 5.97 Å². The number of hydrogen-bond acceptors (Lipinski definition) is 4. The number of anilines is 1. The largest absolute Gasteiger partial charge is 0.481 e. The van der Waals surface area contributed by atoms with Gasteiger partial charge in [0.1, 0.15) is 5.25 Å². The Morgan fingerprint density at radius 2 is 1.84 bits per heavy atom. The SMILES string of the molecule is Cc1cccc(N=C2S[C@@H](CC(=O)O)C(=O)N2c2cccc(C)c2)c1. The number of aliphatic carboxylic acids is 1. The Morgan fingerprint density at radius 1 is 1.16 bits per heavy atom. The molecule has 6 heteroatoms. The number of amides is 1. The third-order valence-corrected chi connectivity index (χ3v) is 4.92. The Hall–Kier alpha value is -2.60. The highest BCUT2D eigenvalue weighted by Gasteiger charge is 2.40. The molecule has 0 spiro atoms. The summed E-state index contributed by atoms with van der Waals surface area (Å²) < 4.78 is 0. The zero-order valence-electron chi connectivity index (χ0n) is 14.0. The molecule has 1 aliphatic heterocycles. The van der Waals surface area contributed by atoms with E-state index < -0.39 is 11.2 Å². The van der Waals surface area contributed by atoms with Gasteiger partial charge in [0.05, 0.1) is 17.8 Å². The van der Waals surface area contributed by atoms with Crippen molar-refractivity contribution in [2.45, 2.75) is 25.5 Å². The Morgan fingerprint density at radius 3 is 2.48 bits per heavy atom. The van der Waals surface area contributed by atoms with Gasteiger partial charge in [0.15, 0.2) is 5.17 Å². The molecule has 0 aliphatic carbocycles. The van der Waals surface area contributed by atoms with Gasteiger partial charge in [-0.05, 0) is 49.2 Å². The molecular weight excluding hydrogens is 336 g/mol. The Kier molecular flexibility index (Phi) is 4.90. The summed E-state index contributed by atoms with van der Waals surface area (Å²) in [5.74, 6) is -1.24. The third-order valence-electron chi connectivity index (χ3n) is 3.78. The van der Waals surface area contributed by atoms with Crippen molar-refractivity contribution in [1.82, 2.24) is 0 Å². The van der Waals surface area contributed by atoms with Crippen LogP contribution < -0.4 is 4.90 Å². The first-order valence-electron chi connectivity index (χ1n) is 7.88. The summed E-state index contributed by atoms with van der Waals surface area (Å²) in [4.78, 5) is 30.0. The van der Waals surface area contributed by atoms with Crippen molar-refractivity contribution in [2.24, 2.45) is 4.99 Å². The first kappa shape index (κ1) is 17.2. The Balaban J connectivity index is 2.03. The lowest BCUT2D eigenvalue weighted by molar-refractivity contribution is -0.138. The zero-order valence-corrected chi connectivity index (χ0v) is 14.8. The van der Waals surface area contributed by atoms with Crippen LogP contribution in [0.15, 0.2) is 53.5 Å². The van der Waals surface area contributed by atoms with E-state index in [2.05, 4.69) is 4.99 Å². The number of nitrogens with zero attached hydrogens (tertiary/aromatic N) is 2.